The fraction of sp³-hybridized carbons (Fsp3) is 0.308. The number of halogens is 3. The third-order valence-corrected chi connectivity index (χ3v) is 3.16. The summed E-state index contributed by atoms with van der Waals surface area (Å²) in [4.78, 5) is 29.7. The number of anilines is 1. The molecule has 2 heterocycles. The molecule has 1 aliphatic heterocycles. The van der Waals surface area contributed by atoms with Crippen LogP contribution in [0.5, 0.6) is 0 Å². The minimum absolute atomic E-state index is 0.219. The maximum absolute atomic E-state index is 12.7. The van der Waals surface area contributed by atoms with E-state index in [-0.39, 0.29) is 12.2 Å². The zero-order valence-corrected chi connectivity index (χ0v) is 11.1. The molecule has 1 fully saturated rings. The first-order valence-corrected chi connectivity index (χ1v) is 6.02. The second kappa shape index (κ2) is 5.19. The van der Waals surface area contributed by atoms with E-state index < -0.39 is 29.7 Å². The van der Waals surface area contributed by atoms with E-state index in [0.29, 0.717) is 11.0 Å². The standard InChI is InChI=1S/C13H12F3N3O2/c1-3-4-9-11(20)19(12(21)18(9)2)10-7-8(5-6-17-10)13(14,15)16/h3,5-7,9H,1,4H2,2H3. The topological polar surface area (TPSA) is 53.5 Å². The molecule has 112 valence electrons. The summed E-state index contributed by atoms with van der Waals surface area (Å²) in [5.74, 6) is -0.951. The van der Waals surface area contributed by atoms with Crippen molar-refractivity contribution in [3.8, 4) is 0 Å². The van der Waals surface area contributed by atoms with Crippen LogP contribution >= 0.6 is 0 Å². The molecule has 8 heteroatoms. The normalized spacial score (nSPS) is 19.3. The van der Waals surface area contributed by atoms with Gasteiger partial charge in [0.25, 0.3) is 5.91 Å². The lowest BCUT2D eigenvalue weighted by Gasteiger charge is -2.14. The summed E-state index contributed by atoms with van der Waals surface area (Å²) < 4.78 is 38.1. The lowest BCUT2D eigenvalue weighted by atomic mass is 10.2. The zero-order valence-electron chi connectivity index (χ0n) is 11.1. The Balaban J connectivity index is 2.40. The second-order valence-electron chi connectivity index (χ2n) is 4.51. The number of aromatic nitrogens is 1. The molecule has 0 aliphatic carbocycles. The monoisotopic (exact) mass is 299 g/mol. The number of hydrogen-bond acceptors (Lipinski definition) is 3. The summed E-state index contributed by atoms with van der Waals surface area (Å²) in [6.45, 7) is 3.49. The van der Waals surface area contributed by atoms with Crippen LogP contribution in [0.2, 0.25) is 0 Å². The van der Waals surface area contributed by atoms with Gasteiger partial charge in [0.2, 0.25) is 0 Å². The molecule has 21 heavy (non-hydrogen) atoms. The van der Waals surface area contributed by atoms with E-state index in [1.807, 2.05) is 0 Å². The Kier molecular flexibility index (Phi) is 3.71. The van der Waals surface area contributed by atoms with Gasteiger partial charge in [-0.05, 0) is 18.6 Å². The molecule has 2 rings (SSSR count). The third kappa shape index (κ3) is 2.61. The van der Waals surface area contributed by atoms with Crippen molar-refractivity contribution in [2.24, 2.45) is 0 Å². The minimum atomic E-state index is -4.57. The molecule has 1 saturated heterocycles. The Morgan fingerprint density at radius 1 is 1.43 bits per heavy atom. The first-order valence-electron chi connectivity index (χ1n) is 6.02. The average molecular weight is 299 g/mol. The molecule has 0 bridgehead atoms. The number of urea groups is 1. The van der Waals surface area contributed by atoms with Gasteiger partial charge in [0.15, 0.2) is 0 Å². The van der Waals surface area contributed by atoms with Crippen molar-refractivity contribution >= 4 is 17.8 Å². The van der Waals surface area contributed by atoms with Crippen molar-refractivity contribution in [3.63, 3.8) is 0 Å². The Morgan fingerprint density at radius 2 is 2.10 bits per heavy atom. The number of alkyl halides is 3. The predicted molar refractivity (Wildman–Crippen MR) is 68.5 cm³/mol. The quantitative estimate of drug-likeness (QED) is 0.636. The van der Waals surface area contributed by atoms with E-state index in [0.717, 1.165) is 17.2 Å². The van der Waals surface area contributed by atoms with Crippen molar-refractivity contribution in [1.29, 1.82) is 0 Å². The Labute approximate surface area is 118 Å². The number of nitrogens with zero attached hydrogens (tertiary/aromatic N) is 3. The summed E-state index contributed by atoms with van der Waals surface area (Å²) in [6.07, 6.45) is -1.97. The number of carbonyl (C=O) groups excluding carboxylic acids is 2. The van der Waals surface area contributed by atoms with Crippen LogP contribution in [0.15, 0.2) is 31.0 Å². The van der Waals surface area contributed by atoms with Gasteiger partial charge in [-0.1, -0.05) is 6.08 Å². The van der Waals surface area contributed by atoms with Gasteiger partial charge in [0.05, 0.1) is 5.56 Å². The number of likely N-dealkylation sites (N-methyl/N-ethyl adjacent to an activating group) is 1. The molecule has 1 unspecified atom stereocenters. The van der Waals surface area contributed by atoms with Gasteiger partial charge >= 0.3 is 12.2 Å². The van der Waals surface area contributed by atoms with E-state index in [1.54, 1.807) is 0 Å². The molecule has 0 aromatic carbocycles. The number of amides is 3. The largest absolute Gasteiger partial charge is 0.416 e. The summed E-state index contributed by atoms with van der Waals surface area (Å²) >= 11 is 0. The van der Waals surface area contributed by atoms with Gasteiger partial charge in [-0.2, -0.15) is 13.2 Å². The lowest BCUT2D eigenvalue weighted by molar-refractivity contribution is -0.137. The zero-order chi connectivity index (χ0) is 15.8. The van der Waals surface area contributed by atoms with Crippen molar-refractivity contribution in [2.45, 2.75) is 18.6 Å². The van der Waals surface area contributed by atoms with Gasteiger partial charge in [0, 0.05) is 13.2 Å². The number of hydrogen-bond donors (Lipinski definition) is 0. The summed E-state index contributed by atoms with van der Waals surface area (Å²) in [5.41, 5.74) is -0.970. The molecule has 1 aromatic heterocycles. The highest BCUT2D eigenvalue weighted by Crippen LogP contribution is 2.32. The molecule has 0 spiro atoms. The first kappa shape index (κ1) is 15.0. The SMILES string of the molecule is C=CCC1C(=O)N(c2cc(C(F)(F)F)ccn2)C(=O)N1C. The highest BCUT2D eigenvalue weighted by atomic mass is 19.4. The second-order valence-corrected chi connectivity index (χ2v) is 4.51. The highest BCUT2D eigenvalue weighted by molar-refractivity contribution is 6.20. The smallest absolute Gasteiger partial charge is 0.315 e. The van der Waals surface area contributed by atoms with Crippen LogP contribution in [0.4, 0.5) is 23.8 Å². The van der Waals surface area contributed by atoms with Crippen LogP contribution in [0.1, 0.15) is 12.0 Å². The summed E-state index contributed by atoms with van der Waals surface area (Å²) in [7, 11) is 1.40. The highest BCUT2D eigenvalue weighted by Gasteiger charge is 2.44. The van der Waals surface area contributed by atoms with Crippen LogP contribution in [0, 0.1) is 0 Å². The van der Waals surface area contributed by atoms with Gasteiger partial charge in [-0.15, -0.1) is 6.58 Å². The Hall–Kier alpha value is -2.38. The number of rotatable bonds is 3. The molecular weight excluding hydrogens is 287 g/mol. The fourth-order valence-electron chi connectivity index (χ4n) is 2.04. The molecule has 0 N–H and O–H groups in total. The number of pyridine rings is 1. The summed E-state index contributed by atoms with van der Waals surface area (Å²) in [6, 6.07) is -0.0237. The van der Waals surface area contributed by atoms with E-state index in [2.05, 4.69) is 11.6 Å². The average Bonchev–Trinajstić information content (AvgIpc) is 2.62. The fourth-order valence-corrected chi connectivity index (χ4v) is 2.04. The molecule has 1 aliphatic rings. The third-order valence-electron chi connectivity index (χ3n) is 3.16. The van der Waals surface area contributed by atoms with Crippen molar-refractivity contribution < 1.29 is 22.8 Å². The summed E-state index contributed by atoms with van der Waals surface area (Å²) in [5, 5.41) is 0. The molecule has 3 amide bonds. The first-order chi connectivity index (χ1) is 9.77. The predicted octanol–water partition coefficient (Wildman–Crippen LogP) is 2.44. The van der Waals surface area contributed by atoms with Gasteiger partial charge in [0.1, 0.15) is 11.9 Å². The Morgan fingerprint density at radius 3 is 2.67 bits per heavy atom. The van der Waals surface area contributed by atoms with Gasteiger partial charge in [-0.3, -0.25) is 4.79 Å². The number of imide groups is 1. The van der Waals surface area contributed by atoms with E-state index in [4.69, 9.17) is 0 Å². The lowest BCUT2D eigenvalue weighted by Crippen LogP contribution is -2.32. The minimum Gasteiger partial charge on any atom is -0.315 e. The van der Waals surface area contributed by atoms with Crippen LogP contribution in [0.3, 0.4) is 0 Å². The molecule has 1 atom stereocenters. The molecule has 0 saturated carbocycles. The maximum atomic E-state index is 12.7. The van der Waals surface area contributed by atoms with Crippen molar-refractivity contribution in [2.75, 3.05) is 11.9 Å². The van der Waals surface area contributed by atoms with Crippen LogP contribution in [0.25, 0.3) is 0 Å². The molecular formula is C13H12F3N3O2. The van der Waals surface area contributed by atoms with Crippen molar-refractivity contribution in [3.05, 3.63) is 36.5 Å². The van der Waals surface area contributed by atoms with E-state index in [1.165, 1.54) is 13.1 Å². The molecule has 0 radical (unpaired) electrons. The van der Waals surface area contributed by atoms with Crippen LogP contribution in [-0.4, -0.2) is 34.9 Å². The Bertz CT molecular complexity index is 601. The van der Waals surface area contributed by atoms with E-state index >= 15 is 0 Å². The van der Waals surface area contributed by atoms with Crippen LogP contribution in [-0.2, 0) is 11.0 Å². The van der Waals surface area contributed by atoms with Gasteiger partial charge in [-0.25, -0.2) is 14.7 Å². The van der Waals surface area contributed by atoms with Crippen LogP contribution < -0.4 is 4.90 Å². The van der Waals surface area contributed by atoms with Crippen molar-refractivity contribution in [1.82, 2.24) is 9.88 Å². The van der Waals surface area contributed by atoms with Gasteiger partial charge < -0.3 is 4.90 Å². The number of carbonyl (C=O) groups is 2. The molecule has 1 aromatic rings. The maximum Gasteiger partial charge on any atom is 0.416 e. The molecule has 5 nitrogen and oxygen atoms in total. The van der Waals surface area contributed by atoms with E-state index in [9.17, 15) is 22.8 Å².